The summed E-state index contributed by atoms with van der Waals surface area (Å²) in [4.78, 5) is 0. The lowest BCUT2D eigenvalue weighted by Gasteiger charge is -2.37. The van der Waals surface area contributed by atoms with E-state index in [0.717, 1.165) is 24.3 Å². The van der Waals surface area contributed by atoms with Gasteiger partial charge in [-0.3, -0.25) is 0 Å². The van der Waals surface area contributed by atoms with Crippen LogP contribution in [0.25, 0.3) is 10.1 Å². The molecular weight excluding hydrogens is 274 g/mol. The molecule has 3 unspecified atom stereocenters. The molecule has 1 nitrogen and oxygen atoms in total. The van der Waals surface area contributed by atoms with Crippen LogP contribution in [0.2, 0.25) is 0 Å². The fourth-order valence-electron chi connectivity index (χ4n) is 4.19. The third kappa shape index (κ3) is 3.17. The van der Waals surface area contributed by atoms with Gasteiger partial charge in [-0.15, -0.1) is 11.3 Å². The van der Waals surface area contributed by atoms with Crippen LogP contribution in [0.4, 0.5) is 0 Å². The summed E-state index contributed by atoms with van der Waals surface area (Å²) in [5, 5.41) is 7.10. The molecule has 2 aromatic rings. The molecule has 0 bridgehead atoms. The van der Waals surface area contributed by atoms with Gasteiger partial charge in [0.1, 0.15) is 0 Å². The van der Waals surface area contributed by atoms with E-state index in [2.05, 4.69) is 48.9 Å². The second-order valence-electron chi connectivity index (χ2n) is 6.58. The number of benzene rings is 1. The van der Waals surface area contributed by atoms with Crippen LogP contribution in [0, 0.1) is 11.8 Å². The van der Waals surface area contributed by atoms with Crippen molar-refractivity contribution in [1.29, 1.82) is 0 Å². The summed E-state index contributed by atoms with van der Waals surface area (Å²) in [6, 6.07) is 9.17. The van der Waals surface area contributed by atoms with Gasteiger partial charge in [-0.1, -0.05) is 44.4 Å². The minimum Gasteiger partial charge on any atom is -0.319 e. The van der Waals surface area contributed by atoms with Crippen molar-refractivity contribution in [2.24, 2.45) is 11.8 Å². The summed E-state index contributed by atoms with van der Waals surface area (Å²) in [5.74, 6) is 2.48. The van der Waals surface area contributed by atoms with E-state index in [4.69, 9.17) is 0 Å². The zero-order valence-corrected chi connectivity index (χ0v) is 14.1. The summed E-state index contributed by atoms with van der Waals surface area (Å²) >= 11 is 1.92. The second kappa shape index (κ2) is 6.93. The van der Waals surface area contributed by atoms with E-state index >= 15 is 0 Å². The van der Waals surface area contributed by atoms with Crippen LogP contribution in [0.1, 0.15) is 50.5 Å². The smallest absolute Gasteiger partial charge is 0.0377 e. The molecule has 1 heterocycles. The van der Waals surface area contributed by atoms with Crippen molar-refractivity contribution in [3.05, 3.63) is 35.2 Å². The van der Waals surface area contributed by atoms with Crippen molar-refractivity contribution in [3.63, 3.8) is 0 Å². The van der Waals surface area contributed by atoms with Crippen LogP contribution in [0.5, 0.6) is 0 Å². The molecule has 0 radical (unpaired) electrons. The molecule has 0 aliphatic heterocycles. The third-order valence-corrected chi connectivity index (χ3v) is 6.15. The van der Waals surface area contributed by atoms with E-state index in [1.807, 2.05) is 11.3 Å². The van der Waals surface area contributed by atoms with Gasteiger partial charge in [-0.25, -0.2) is 0 Å². The highest BCUT2D eigenvalue weighted by molar-refractivity contribution is 7.17. The molecule has 2 heteroatoms. The first-order valence-electron chi connectivity index (χ1n) is 8.44. The Morgan fingerprint density at radius 2 is 2.14 bits per heavy atom. The average Bonchev–Trinajstić information content (AvgIpc) is 2.98. The number of nitrogens with one attached hydrogen (secondary N) is 1. The van der Waals surface area contributed by atoms with Crippen LogP contribution < -0.4 is 5.32 Å². The largest absolute Gasteiger partial charge is 0.319 e. The quantitative estimate of drug-likeness (QED) is 0.777. The minimum absolute atomic E-state index is 0.741. The maximum absolute atomic E-state index is 3.43. The fraction of sp³-hybridized carbons (Fsp3) is 0.579. The Bertz CT molecular complexity index is 574. The molecule has 0 spiro atoms. The molecule has 0 amide bonds. The molecule has 1 aromatic heterocycles. The standard InChI is InChI=1S/C19H27NS/c1-3-5-14-8-9-16(13-20-2)18(12-14)17-7-4-6-15-10-11-21-19(15)17/h4,6-7,10-11,14,16,18,20H,3,5,8-9,12-13H2,1-2H3. The summed E-state index contributed by atoms with van der Waals surface area (Å²) in [6.45, 7) is 3.49. The highest BCUT2D eigenvalue weighted by atomic mass is 32.1. The topological polar surface area (TPSA) is 12.0 Å². The number of thiophene rings is 1. The van der Waals surface area contributed by atoms with Gasteiger partial charge in [-0.05, 0) is 66.6 Å². The Balaban J connectivity index is 1.92. The zero-order valence-electron chi connectivity index (χ0n) is 13.3. The number of hydrogen-bond donors (Lipinski definition) is 1. The molecule has 0 saturated heterocycles. The van der Waals surface area contributed by atoms with Gasteiger partial charge < -0.3 is 5.32 Å². The van der Waals surface area contributed by atoms with Gasteiger partial charge >= 0.3 is 0 Å². The average molecular weight is 301 g/mol. The SMILES string of the molecule is CCCC1CCC(CNC)C(c2cccc3ccsc23)C1. The molecule has 1 aromatic carbocycles. The van der Waals surface area contributed by atoms with Crippen LogP contribution >= 0.6 is 11.3 Å². The van der Waals surface area contributed by atoms with E-state index in [0.29, 0.717) is 0 Å². The van der Waals surface area contributed by atoms with Crippen molar-refractivity contribution in [2.75, 3.05) is 13.6 Å². The van der Waals surface area contributed by atoms with E-state index < -0.39 is 0 Å². The first-order valence-corrected chi connectivity index (χ1v) is 9.32. The van der Waals surface area contributed by atoms with Crippen LogP contribution in [-0.2, 0) is 0 Å². The lowest BCUT2D eigenvalue weighted by molar-refractivity contribution is 0.224. The van der Waals surface area contributed by atoms with Gasteiger partial charge in [0.05, 0.1) is 0 Å². The lowest BCUT2D eigenvalue weighted by atomic mass is 9.70. The van der Waals surface area contributed by atoms with Crippen molar-refractivity contribution < 1.29 is 0 Å². The maximum atomic E-state index is 3.43. The molecule has 1 fully saturated rings. The van der Waals surface area contributed by atoms with Crippen molar-refractivity contribution >= 4 is 21.4 Å². The van der Waals surface area contributed by atoms with Crippen molar-refractivity contribution in [3.8, 4) is 0 Å². The van der Waals surface area contributed by atoms with Gasteiger partial charge in [0.15, 0.2) is 0 Å². The predicted octanol–water partition coefficient (Wildman–Crippen LogP) is 5.42. The lowest BCUT2D eigenvalue weighted by Crippen LogP contribution is -2.30. The molecule has 1 saturated carbocycles. The Kier molecular flexibility index (Phi) is 4.97. The molecule has 1 aliphatic rings. The van der Waals surface area contributed by atoms with Gasteiger partial charge in [0.2, 0.25) is 0 Å². The Labute approximate surface area is 132 Å². The van der Waals surface area contributed by atoms with Crippen LogP contribution in [0.3, 0.4) is 0 Å². The van der Waals surface area contributed by atoms with Crippen LogP contribution in [-0.4, -0.2) is 13.6 Å². The second-order valence-corrected chi connectivity index (χ2v) is 7.49. The minimum atomic E-state index is 0.741. The van der Waals surface area contributed by atoms with E-state index in [-0.39, 0.29) is 0 Å². The maximum Gasteiger partial charge on any atom is 0.0377 e. The molecular formula is C19H27NS. The van der Waals surface area contributed by atoms with E-state index in [1.54, 1.807) is 5.56 Å². The summed E-state index contributed by atoms with van der Waals surface area (Å²) in [5.41, 5.74) is 1.61. The summed E-state index contributed by atoms with van der Waals surface area (Å²) in [6.07, 6.45) is 6.94. The Hall–Kier alpha value is -0.860. The summed E-state index contributed by atoms with van der Waals surface area (Å²) in [7, 11) is 2.10. The van der Waals surface area contributed by atoms with Gasteiger partial charge in [0.25, 0.3) is 0 Å². The monoisotopic (exact) mass is 301 g/mol. The first kappa shape index (κ1) is 15.1. The van der Waals surface area contributed by atoms with Crippen LogP contribution in [0.15, 0.2) is 29.6 Å². The molecule has 1 N–H and O–H groups in total. The first-order chi connectivity index (χ1) is 10.3. The fourth-order valence-corrected chi connectivity index (χ4v) is 5.16. The third-order valence-electron chi connectivity index (χ3n) is 5.17. The zero-order chi connectivity index (χ0) is 14.7. The normalized spacial score (nSPS) is 26.3. The number of fused-ring (bicyclic) bond motifs is 1. The van der Waals surface area contributed by atoms with Crippen molar-refractivity contribution in [1.82, 2.24) is 5.32 Å². The summed E-state index contributed by atoms with van der Waals surface area (Å²) < 4.78 is 1.53. The highest BCUT2D eigenvalue weighted by Gasteiger charge is 2.31. The van der Waals surface area contributed by atoms with Gasteiger partial charge in [-0.2, -0.15) is 0 Å². The Morgan fingerprint density at radius 1 is 1.24 bits per heavy atom. The molecule has 21 heavy (non-hydrogen) atoms. The number of hydrogen-bond acceptors (Lipinski definition) is 2. The van der Waals surface area contributed by atoms with Crippen molar-refractivity contribution in [2.45, 2.75) is 44.9 Å². The van der Waals surface area contributed by atoms with Gasteiger partial charge in [0, 0.05) is 4.70 Å². The molecule has 3 rings (SSSR count). The number of rotatable bonds is 5. The molecule has 1 aliphatic carbocycles. The van der Waals surface area contributed by atoms with E-state index in [9.17, 15) is 0 Å². The molecule has 114 valence electrons. The Morgan fingerprint density at radius 3 is 2.95 bits per heavy atom. The molecule has 3 atom stereocenters. The van der Waals surface area contributed by atoms with E-state index in [1.165, 1.54) is 42.2 Å². The highest BCUT2D eigenvalue weighted by Crippen LogP contribution is 2.44. The predicted molar refractivity (Wildman–Crippen MR) is 94.2 cm³/mol.